The number of nitrogens with one attached hydrogen (secondary N) is 2. The number of hydrogen-bond acceptors (Lipinski definition) is 4. The van der Waals surface area contributed by atoms with E-state index in [0.717, 1.165) is 4.90 Å². The summed E-state index contributed by atoms with van der Waals surface area (Å²) in [6.45, 7) is -0.197. The van der Waals surface area contributed by atoms with Crippen LogP contribution in [0.1, 0.15) is 0 Å². The number of halogens is 3. The highest BCUT2D eigenvalue weighted by atomic mass is 32.2. The SMILES string of the molecule is CN1CC(=O)N(c2cccc(NC(=O)NCCSC(F)(F)F)c2)C1=O. The predicted octanol–water partition coefficient (Wildman–Crippen LogP) is 2.46. The molecular weight excluding hydrogens is 361 g/mol. The van der Waals surface area contributed by atoms with Crippen LogP contribution in [0.2, 0.25) is 0 Å². The van der Waals surface area contributed by atoms with E-state index in [2.05, 4.69) is 10.6 Å². The van der Waals surface area contributed by atoms with Crippen molar-refractivity contribution in [2.45, 2.75) is 5.51 Å². The van der Waals surface area contributed by atoms with Crippen LogP contribution in [0.4, 0.5) is 34.1 Å². The van der Waals surface area contributed by atoms with Crippen molar-refractivity contribution in [1.29, 1.82) is 0 Å². The van der Waals surface area contributed by atoms with Crippen molar-refractivity contribution in [2.24, 2.45) is 0 Å². The van der Waals surface area contributed by atoms with Gasteiger partial charge in [0, 0.05) is 25.0 Å². The molecule has 1 aliphatic heterocycles. The summed E-state index contributed by atoms with van der Waals surface area (Å²) in [4.78, 5) is 37.7. The summed E-state index contributed by atoms with van der Waals surface area (Å²) in [6.07, 6.45) is 0. The van der Waals surface area contributed by atoms with Crippen molar-refractivity contribution in [1.82, 2.24) is 10.2 Å². The predicted molar refractivity (Wildman–Crippen MR) is 87.5 cm³/mol. The number of likely N-dealkylation sites (N-methyl/N-ethyl adjacent to an activating group) is 1. The van der Waals surface area contributed by atoms with Gasteiger partial charge < -0.3 is 15.5 Å². The van der Waals surface area contributed by atoms with Gasteiger partial charge in [0.2, 0.25) is 0 Å². The van der Waals surface area contributed by atoms with Gasteiger partial charge in [0.05, 0.1) is 5.69 Å². The highest BCUT2D eigenvalue weighted by Gasteiger charge is 2.34. The van der Waals surface area contributed by atoms with Crippen molar-refractivity contribution in [2.75, 3.05) is 36.1 Å². The molecule has 136 valence electrons. The molecule has 1 aromatic rings. The van der Waals surface area contributed by atoms with Gasteiger partial charge in [0.25, 0.3) is 5.91 Å². The summed E-state index contributed by atoms with van der Waals surface area (Å²) in [5.74, 6) is -0.696. The minimum atomic E-state index is -4.34. The average molecular weight is 376 g/mol. The zero-order valence-electron chi connectivity index (χ0n) is 13.1. The molecule has 0 unspecified atom stereocenters. The van der Waals surface area contributed by atoms with Crippen LogP contribution in [-0.4, -0.2) is 54.3 Å². The van der Waals surface area contributed by atoms with E-state index in [0.29, 0.717) is 11.4 Å². The molecule has 2 N–H and O–H groups in total. The fraction of sp³-hybridized carbons (Fsp3) is 0.357. The minimum absolute atomic E-state index is 0.0339. The molecule has 1 heterocycles. The molecule has 1 aliphatic rings. The van der Waals surface area contributed by atoms with E-state index in [1.807, 2.05) is 0 Å². The first-order valence-corrected chi connectivity index (χ1v) is 8.09. The second-order valence-electron chi connectivity index (χ2n) is 5.09. The van der Waals surface area contributed by atoms with Gasteiger partial charge in [-0.2, -0.15) is 13.2 Å². The van der Waals surface area contributed by atoms with E-state index >= 15 is 0 Å². The topological polar surface area (TPSA) is 81.8 Å². The van der Waals surface area contributed by atoms with E-state index < -0.39 is 23.5 Å². The number of anilines is 2. The highest BCUT2D eigenvalue weighted by Crippen LogP contribution is 2.29. The Bertz CT molecular complexity index is 684. The summed E-state index contributed by atoms with van der Waals surface area (Å²) >= 11 is -0.227. The summed E-state index contributed by atoms with van der Waals surface area (Å²) < 4.78 is 35.9. The molecule has 2 rings (SSSR count). The number of urea groups is 2. The minimum Gasteiger partial charge on any atom is -0.337 e. The molecule has 0 saturated carbocycles. The summed E-state index contributed by atoms with van der Waals surface area (Å²) in [5.41, 5.74) is -3.74. The maximum atomic E-state index is 12.0. The van der Waals surface area contributed by atoms with Gasteiger partial charge in [-0.15, -0.1) is 0 Å². The maximum Gasteiger partial charge on any atom is 0.441 e. The molecule has 1 fully saturated rings. The van der Waals surface area contributed by atoms with Gasteiger partial charge in [-0.25, -0.2) is 14.5 Å². The molecule has 0 aromatic heterocycles. The van der Waals surface area contributed by atoms with Crippen LogP contribution in [-0.2, 0) is 4.79 Å². The lowest BCUT2D eigenvalue weighted by Crippen LogP contribution is -2.32. The maximum absolute atomic E-state index is 12.0. The van der Waals surface area contributed by atoms with Crippen molar-refractivity contribution in [3.05, 3.63) is 24.3 Å². The van der Waals surface area contributed by atoms with Crippen molar-refractivity contribution in [3.8, 4) is 0 Å². The molecule has 25 heavy (non-hydrogen) atoms. The van der Waals surface area contributed by atoms with Crippen molar-refractivity contribution in [3.63, 3.8) is 0 Å². The molecule has 0 atom stereocenters. The monoisotopic (exact) mass is 376 g/mol. The molecule has 1 aromatic carbocycles. The highest BCUT2D eigenvalue weighted by molar-refractivity contribution is 8.00. The lowest BCUT2D eigenvalue weighted by Gasteiger charge is -2.15. The Labute approximate surface area is 145 Å². The summed E-state index contributed by atoms with van der Waals surface area (Å²) in [6, 6.07) is 4.88. The lowest BCUT2D eigenvalue weighted by atomic mass is 10.2. The third-order valence-corrected chi connectivity index (χ3v) is 3.89. The first-order valence-electron chi connectivity index (χ1n) is 7.11. The second kappa shape index (κ2) is 7.64. The second-order valence-corrected chi connectivity index (χ2v) is 6.25. The normalized spacial score (nSPS) is 14.9. The number of amides is 5. The number of alkyl halides is 3. The van der Waals surface area contributed by atoms with Gasteiger partial charge in [-0.1, -0.05) is 6.07 Å². The van der Waals surface area contributed by atoms with E-state index in [9.17, 15) is 27.6 Å². The van der Waals surface area contributed by atoms with Crippen LogP contribution in [0.25, 0.3) is 0 Å². The lowest BCUT2D eigenvalue weighted by molar-refractivity contribution is -0.116. The number of benzene rings is 1. The number of hydrogen-bond donors (Lipinski definition) is 2. The third kappa shape index (κ3) is 5.28. The number of thioether (sulfide) groups is 1. The molecule has 0 spiro atoms. The number of carbonyl (C=O) groups is 3. The van der Waals surface area contributed by atoms with E-state index in [-0.39, 0.29) is 30.6 Å². The Morgan fingerprint density at radius 1 is 1.32 bits per heavy atom. The fourth-order valence-electron chi connectivity index (χ4n) is 2.10. The fourth-order valence-corrected chi connectivity index (χ4v) is 2.54. The molecule has 0 bridgehead atoms. The molecule has 1 saturated heterocycles. The van der Waals surface area contributed by atoms with Crippen LogP contribution in [0, 0.1) is 0 Å². The number of imide groups is 1. The van der Waals surface area contributed by atoms with Crippen LogP contribution in [0.5, 0.6) is 0 Å². The molecular formula is C14H15F3N4O3S. The standard InChI is InChI=1S/C14H15F3N4O3S/c1-20-8-11(22)21(13(20)24)10-4-2-3-9(7-10)19-12(23)18-5-6-25-14(15,16)17/h2-4,7H,5-6,8H2,1H3,(H2,18,19,23). The Morgan fingerprint density at radius 2 is 2.04 bits per heavy atom. The van der Waals surface area contributed by atoms with E-state index in [1.165, 1.54) is 30.1 Å². The zero-order valence-corrected chi connectivity index (χ0v) is 13.9. The van der Waals surface area contributed by atoms with Gasteiger partial charge in [0.15, 0.2) is 0 Å². The molecule has 11 heteroatoms. The number of nitrogens with zero attached hydrogens (tertiary/aromatic N) is 2. The van der Waals surface area contributed by atoms with Gasteiger partial charge >= 0.3 is 17.6 Å². The smallest absolute Gasteiger partial charge is 0.337 e. The van der Waals surface area contributed by atoms with Crippen LogP contribution in [0.15, 0.2) is 24.3 Å². The first kappa shape index (κ1) is 18.9. The van der Waals surface area contributed by atoms with Gasteiger partial charge in [-0.3, -0.25) is 4.79 Å². The number of carbonyl (C=O) groups excluding carboxylic acids is 3. The third-order valence-electron chi connectivity index (χ3n) is 3.16. The van der Waals surface area contributed by atoms with Gasteiger partial charge in [0.1, 0.15) is 6.54 Å². The molecule has 5 amide bonds. The zero-order chi connectivity index (χ0) is 18.6. The Hall–Kier alpha value is -2.43. The summed E-state index contributed by atoms with van der Waals surface area (Å²) in [5, 5.41) is 4.73. The van der Waals surface area contributed by atoms with Crippen molar-refractivity contribution < 1.29 is 27.6 Å². The van der Waals surface area contributed by atoms with Gasteiger partial charge in [-0.05, 0) is 30.0 Å². The Morgan fingerprint density at radius 3 is 2.64 bits per heavy atom. The van der Waals surface area contributed by atoms with E-state index in [1.54, 1.807) is 6.07 Å². The van der Waals surface area contributed by atoms with Crippen LogP contribution in [0.3, 0.4) is 0 Å². The Balaban J connectivity index is 1.92. The largest absolute Gasteiger partial charge is 0.441 e. The van der Waals surface area contributed by atoms with Crippen molar-refractivity contribution >= 4 is 41.1 Å². The molecule has 0 radical (unpaired) electrons. The van der Waals surface area contributed by atoms with E-state index in [4.69, 9.17) is 0 Å². The Kier molecular flexibility index (Phi) is 5.77. The molecule has 0 aliphatic carbocycles. The summed E-state index contributed by atoms with van der Waals surface area (Å²) in [7, 11) is 1.49. The number of rotatable bonds is 5. The van der Waals surface area contributed by atoms with Crippen LogP contribution >= 0.6 is 11.8 Å². The van der Waals surface area contributed by atoms with Crippen LogP contribution < -0.4 is 15.5 Å². The first-order chi connectivity index (χ1) is 11.7. The quantitative estimate of drug-likeness (QED) is 0.611. The average Bonchev–Trinajstić information content (AvgIpc) is 2.76. The molecule has 7 nitrogen and oxygen atoms in total.